The number of rotatable bonds is 2. The molecule has 1 aromatic carbocycles. The van der Waals surface area contributed by atoms with Crippen molar-refractivity contribution >= 4 is 23.1 Å². The summed E-state index contributed by atoms with van der Waals surface area (Å²) in [6.45, 7) is 5.78. The molecule has 17 heavy (non-hydrogen) atoms. The highest BCUT2D eigenvalue weighted by Gasteiger charge is 2.07. The first-order chi connectivity index (χ1) is 8.06. The summed E-state index contributed by atoms with van der Waals surface area (Å²) < 4.78 is 0. The zero-order chi connectivity index (χ0) is 12.4. The lowest BCUT2D eigenvalue weighted by Gasteiger charge is -2.10. The van der Waals surface area contributed by atoms with E-state index in [0.717, 1.165) is 17.1 Å². The normalized spacial score (nSPS) is 10.4. The molecular weight excluding hydrogens is 234 g/mol. The van der Waals surface area contributed by atoms with Gasteiger partial charge in [-0.25, -0.2) is 9.97 Å². The molecule has 0 fully saturated rings. The fourth-order valence-corrected chi connectivity index (χ4v) is 1.70. The van der Waals surface area contributed by atoms with Crippen LogP contribution in [-0.4, -0.2) is 9.97 Å². The van der Waals surface area contributed by atoms with E-state index in [1.165, 1.54) is 5.56 Å². The van der Waals surface area contributed by atoms with Crippen molar-refractivity contribution in [2.45, 2.75) is 20.8 Å². The Morgan fingerprint density at radius 3 is 2.29 bits per heavy atom. The van der Waals surface area contributed by atoms with Crippen LogP contribution in [0.2, 0.25) is 5.15 Å². The lowest BCUT2D eigenvalue weighted by Crippen LogP contribution is -2.01. The van der Waals surface area contributed by atoms with Gasteiger partial charge in [0.1, 0.15) is 16.8 Å². The number of aromatic nitrogens is 2. The Hall–Kier alpha value is -1.61. The van der Waals surface area contributed by atoms with Crippen molar-refractivity contribution in [3.8, 4) is 0 Å². The predicted molar refractivity (Wildman–Crippen MR) is 71.0 cm³/mol. The van der Waals surface area contributed by atoms with Gasteiger partial charge >= 0.3 is 0 Å². The van der Waals surface area contributed by atoms with E-state index in [-0.39, 0.29) is 0 Å². The minimum atomic E-state index is 0.493. The second-order valence-corrected chi connectivity index (χ2v) is 4.38. The highest BCUT2D eigenvalue weighted by atomic mass is 35.5. The van der Waals surface area contributed by atoms with Crippen molar-refractivity contribution in [2.75, 3.05) is 5.32 Å². The third kappa shape index (κ3) is 2.74. The molecule has 0 saturated carbocycles. The summed E-state index contributed by atoms with van der Waals surface area (Å²) in [6, 6.07) is 8.13. The average Bonchev–Trinajstić information content (AvgIpc) is 2.28. The predicted octanol–water partition coefficient (Wildman–Crippen LogP) is 3.80. The third-order valence-corrected chi connectivity index (χ3v) is 2.88. The van der Waals surface area contributed by atoms with Gasteiger partial charge in [-0.1, -0.05) is 29.3 Å². The van der Waals surface area contributed by atoms with Crippen molar-refractivity contribution in [2.24, 2.45) is 0 Å². The minimum Gasteiger partial charge on any atom is -0.340 e. The van der Waals surface area contributed by atoms with Crippen LogP contribution in [0, 0.1) is 20.8 Å². The maximum Gasteiger partial charge on any atom is 0.138 e. The van der Waals surface area contributed by atoms with Crippen LogP contribution >= 0.6 is 11.6 Å². The summed E-state index contributed by atoms with van der Waals surface area (Å²) >= 11 is 6.02. The van der Waals surface area contributed by atoms with Gasteiger partial charge in [-0.3, -0.25) is 0 Å². The average molecular weight is 248 g/mol. The minimum absolute atomic E-state index is 0.493. The number of nitrogens with one attached hydrogen (secondary N) is 1. The molecule has 0 saturated heterocycles. The first-order valence-corrected chi connectivity index (χ1v) is 5.78. The second-order valence-electron chi connectivity index (χ2n) is 4.03. The van der Waals surface area contributed by atoms with Gasteiger partial charge < -0.3 is 5.32 Å². The number of hydrogen-bond acceptors (Lipinski definition) is 3. The summed E-state index contributed by atoms with van der Waals surface area (Å²) in [6.07, 6.45) is 0. The van der Waals surface area contributed by atoms with E-state index in [9.17, 15) is 0 Å². The Bertz CT molecular complexity index is 535. The lowest BCUT2D eigenvalue weighted by molar-refractivity contribution is 1.04. The molecule has 1 aromatic heterocycles. The van der Waals surface area contributed by atoms with Gasteiger partial charge in [0.2, 0.25) is 0 Å². The van der Waals surface area contributed by atoms with Crippen molar-refractivity contribution in [1.29, 1.82) is 0 Å². The van der Waals surface area contributed by atoms with Crippen molar-refractivity contribution < 1.29 is 0 Å². The monoisotopic (exact) mass is 247 g/mol. The van der Waals surface area contributed by atoms with Crippen LogP contribution in [0.5, 0.6) is 0 Å². The Balaban J connectivity index is 2.32. The molecule has 0 amide bonds. The molecule has 0 atom stereocenters. The largest absolute Gasteiger partial charge is 0.340 e. The van der Waals surface area contributed by atoms with E-state index in [1.807, 2.05) is 38.1 Å². The van der Waals surface area contributed by atoms with Crippen LogP contribution < -0.4 is 5.32 Å². The van der Waals surface area contributed by atoms with Crippen LogP contribution in [0.15, 0.2) is 24.3 Å². The van der Waals surface area contributed by atoms with Gasteiger partial charge in [0, 0.05) is 11.3 Å². The molecule has 0 aliphatic rings. The number of nitrogens with zero attached hydrogens (tertiary/aromatic N) is 2. The van der Waals surface area contributed by atoms with Crippen LogP contribution in [0.1, 0.15) is 17.0 Å². The molecule has 0 bridgehead atoms. The molecule has 0 spiro atoms. The lowest BCUT2D eigenvalue weighted by atomic mass is 10.2. The van der Waals surface area contributed by atoms with Crippen molar-refractivity contribution in [1.82, 2.24) is 9.97 Å². The van der Waals surface area contributed by atoms with Crippen LogP contribution in [-0.2, 0) is 0 Å². The molecule has 1 N–H and O–H groups in total. The zero-order valence-electron chi connectivity index (χ0n) is 10.1. The quantitative estimate of drug-likeness (QED) is 0.821. The van der Waals surface area contributed by atoms with E-state index in [0.29, 0.717) is 11.0 Å². The fourth-order valence-electron chi connectivity index (χ4n) is 1.49. The van der Waals surface area contributed by atoms with Gasteiger partial charge in [0.25, 0.3) is 0 Å². The highest BCUT2D eigenvalue weighted by molar-refractivity contribution is 6.30. The molecule has 3 nitrogen and oxygen atoms in total. The van der Waals surface area contributed by atoms with Gasteiger partial charge in [-0.15, -0.1) is 0 Å². The fraction of sp³-hybridized carbons (Fsp3) is 0.231. The maximum absolute atomic E-state index is 6.02. The first-order valence-electron chi connectivity index (χ1n) is 5.40. The third-order valence-electron chi connectivity index (χ3n) is 2.51. The Kier molecular flexibility index (Phi) is 3.29. The first kappa shape index (κ1) is 11.9. The number of benzene rings is 1. The molecule has 0 aliphatic heterocycles. The number of aryl methyl sites for hydroxylation is 2. The van der Waals surface area contributed by atoms with Gasteiger partial charge in [0.05, 0.1) is 0 Å². The molecule has 88 valence electrons. The van der Waals surface area contributed by atoms with Gasteiger partial charge in [-0.05, 0) is 32.9 Å². The molecule has 2 rings (SSSR count). The SMILES string of the molecule is Cc1ccc(Nc2nc(C)nc(Cl)c2C)cc1. The van der Waals surface area contributed by atoms with E-state index in [4.69, 9.17) is 11.6 Å². The van der Waals surface area contributed by atoms with Crippen LogP contribution in [0.3, 0.4) is 0 Å². The Morgan fingerprint density at radius 1 is 1.00 bits per heavy atom. The molecule has 1 heterocycles. The highest BCUT2D eigenvalue weighted by Crippen LogP contribution is 2.23. The zero-order valence-corrected chi connectivity index (χ0v) is 10.8. The molecular formula is C13H14ClN3. The van der Waals surface area contributed by atoms with Gasteiger partial charge in [-0.2, -0.15) is 0 Å². The number of halogens is 1. The van der Waals surface area contributed by atoms with Crippen LogP contribution in [0.25, 0.3) is 0 Å². The van der Waals surface area contributed by atoms with Crippen molar-refractivity contribution in [3.63, 3.8) is 0 Å². The Labute approximate surface area is 106 Å². The summed E-state index contributed by atoms with van der Waals surface area (Å²) in [5.41, 5.74) is 3.08. The Morgan fingerprint density at radius 2 is 1.65 bits per heavy atom. The summed E-state index contributed by atoms with van der Waals surface area (Å²) in [5, 5.41) is 3.74. The van der Waals surface area contributed by atoms with Gasteiger partial charge in [0.15, 0.2) is 0 Å². The molecule has 0 radical (unpaired) electrons. The van der Waals surface area contributed by atoms with E-state index < -0.39 is 0 Å². The van der Waals surface area contributed by atoms with E-state index in [2.05, 4.69) is 22.2 Å². The summed E-state index contributed by atoms with van der Waals surface area (Å²) in [4.78, 5) is 8.45. The van der Waals surface area contributed by atoms with Crippen LogP contribution in [0.4, 0.5) is 11.5 Å². The van der Waals surface area contributed by atoms with E-state index in [1.54, 1.807) is 0 Å². The smallest absolute Gasteiger partial charge is 0.138 e. The summed E-state index contributed by atoms with van der Waals surface area (Å²) in [5.74, 6) is 1.42. The maximum atomic E-state index is 6.02. The number of anilines is 2. The number of hydrogen-bond donors (Lipinski definition) is 1. The molecule has 4 heteroatoms. The summed E-state index contributed by atoms with van der Waals surface area (Å²) in [7, 11) is 0. The topological polar surface area (TPSA) is 37.8 Å². The molecule has 2 aromatic rings. The molecule has 0 unspecified atom stereocenters. The standard InChI is InChI=1S/C13H14ClN3/c1-8-4-6-11(7-5-8)17-13-9(2)12(14)15-10(3)16-13/h4-7H,1-3H3,(H,15,16,17). The van der Waals surface area contributed by atoms with Crippen molar-refractivity contribution in [3.05, 3.63) is 46.4 Å². The second kappa shape index (κ2) is 4.72. The van der Waals surface area contributed by atoms with E-state index >= 15 is 0 Å². The molecule has 0 aliphatic carbocycles.